The Morgan fingerprint density at radius 1 is 1.16 bits per heavy atom. The number of rotatable bonds is 6. The topological polar surface area (TPSA) is 80.6 Å². The Balaban J connectivity index is 2.82. The second-order valence-electron chi connectivity index (χ2n) is 4.07. The van der Waals surface area contributed by atoms with E-state index in [2.05, 4.69) is 18.7 Å². The number of nitrogens with zero attached hydrogens (tertiary/aromatic N) is 3. The highest BCUT2D eigenvalue weighted by Gasteiger charge is 2.28. The number of allylic oxidation sites excluding steroid dienone is 1. The molecule has 0 unspecified atom stereocenters. The number of hydrogen-bond acceptors (Lipinski definition) is 4. The molecule has 0 heterocycles. The third-order valence-electron chi connectivity index (χ3n) is 2.65. The molecule has 0 aliphatic heterocycles. The molecule has 0 aromatic heterocycles. The van der Waals surface area contributed by atoms with Crippen LogP contribution in [0.5, 0.6) is 5.75 Å². The molecule has 19 heavy (non-hydrogen) atoms. The van der Waals surface area contributed by atoms with Crippen molar-refractivity contribution in [3.63, 3.8) is 0 Å². The van der Waals surface area contributed by atoms with Gasteiger partial charge in [0.25, 0.3) is 0 Å². The summed E-state index contributed by atoms with van der Waals surface area (Å²) in [6, 6.07) is 13.0. The number of benzene rings is 1. The van der Waals surface area contributed by atoms with Crippen LogP contribution in [0.2, 0.25) is 0 Å². The van der Waals surface area contributed by atoms with Crippen LogP contribution in [0.15, 0.2) is 36.9 Å². The van der Waals surface area contributed by atoms with Crippen LogP contribution in [0, 0.1) is 39.4 Å². The van der Waals surface area contributed by atoms with Crippen molar-refractivity contribution in [1.29, 1.82) is 15.8 Å². The van der Waals surface area contributed by atoms with E-state index in [1.165, 1.54) is 0 Å². The van der Waals surface area contributed by atoms with E-state index in [1.54, 1.807) is 30.3 Å². The largest absolute Gasteiger partial charge is 0.479 e. The fourth-order valence-electron chi connectivity index (χ4n) is 1.68. The molecule has 1 rings (SSSR count). The van der Waals surface area contributed by atoms with Gasteiger partial charge in [0.1, 0.15) is 11.8 Å². The smallest absolute Gasteiger partial charge is 0.174 e. The standard InChI is InChI=1S/C15H13N3O/c1-2-7-15(11-17,12-18)10-13-3-5-14(6-4-13)19-9-8-16/h2-6H,1,7,9-10H2. The quantitative estimate of drug-likeness (QED) is 0.728. The zero-order valence-corrected chi connectivity index (χ0v) is 10.5. The van der Waals surface area contributed by atoms with Gasteiger partial charge in [-0.2, -0.15) is 15.8 Å². The maximum absolute atomic E-state index is 9.16. The average molecular weight is 251 g/mol. The van der Waals surface area contributed by atoms with E-state index >= 15 is 0 Å². The van der Waals surface area contributed by atoms with Crippen molar-refractivity contribution in [1.82, 2.24) is 0 Å². The third-order valence-corrected chi connectivity index (χ3v) is 2.65. The molecule has 0 saturated carbocycles. The Morgan fingerprint density at radius 3 is 2.26 bits per heavy atom. The fraction of sp³-hybridized carbons (Fsp3) is 0.267. The van der Waals surface area contributed by atoms with Gasteiger partial charge < -0.3 is 4.74 Å². The van der Waals surface area contributed by atoms with Crippen molar-refractivity contribution in [2.24, 2.45) is 5.41 Å². The zero-order valence-electron chi connectivity index (χ0n) is 10.5. The van der Waals surface area contributed by atoms with E-state index in [1.807, 2.05) is 6.07 Å². The summed E-state index contributed by atoms with van der Waals surface area (Å²) in [7, 11) is 0. The lowest BCUT2D eigenvalue weighted by Gasteiger charge is -2.16. The van der Waals surface area contributed by atoms with Crippen molar-refractivity contribution in [2.45, 2.75) is 12.8 Å². The zero-order chi connectivity index (χ0) is 14.1. The molecule has 0 bridgehead atoms. The number of hydrogen-bond donors (Lipinski definition) is 0. The van der Waals surface area contributed by atoms with Gasteiger partial charge >= 0.3 is 0 Å². The van der Waals surface area contributed by atoms with Crippen LogP contribution >= 0.6 is 0 Å². The van der Waals surface area contributed by atoms with Crippen LogP contribution in [-0.4, -0.2) is 6.61 Å². The highest BCUT2D eigenvalue weighted by atomic mass is 16.5. The van der Waals surface area contributed by atoms with Crippen molar-refractivity contribution < 1.29 is 4.74 Å². The summed E-state index contributed by atoms with van der Waals surface area (Å²) in [5.74, 6) is 0.591. The van der Waals surface area contributed by atoms with Gasteiger partial charge in [-0.1, -0.05) is 18.2 Å². The average Bonchev–Trinajstić information content (AvgIpc) is 2.46. The van der Waals surface area contributed by atoms with Gasteiger partial charge in [-0.15, -0.1) is 6.58 Å². The first-order valence-electron chi connectivity index (χ1n) is 5.72. The van der Waals surface area contributed by atoms with Crippen LogP contribution < -0.4 is 4.74 Å². The van der Waals surface area contributed by atoms with Gasteiger partial charge in [0.2, 0.25) is 0 Å². The molecule has 0 spiro atoms. The van der Waals surface area contributed by atoms with Gasteiger partial charge in [-0.25, -0.2) is 0 Å². The van der Waals surface area contributed by atoms with E-state index in [-0.39, 0.29) is 6.61 Å². The SMILES string of the molecule is C=CCC(C#N)(C#N)Cc1ccc(OCC#N)cc1. The number of nitriles is 3. The van der Waals surface area contributed by atoms with Crippen LogP contribution in [0.4, 0.5) is 0 Å². The fourth-order valence-corrected chi connectivity index (χ4v) is 1.68. The molecule has 0 amide bonds. The van der Waals surface area contributed by atoms with E-state index < -0.39 is 5.41 Å². The molecule has 0 radical (unpaired) electrons. The Labute approximate surface area is 112 Å². The molecule has 0 aliphatic rings. The van der Waals surface area contributed by atoms with E-state index in [4.69, 9.17) is 20.5 Å². The maximum atomic E-state index is 9.16. The number of ether oxygens (including phenoxy) is 1. The highest BCUT2D eigenvalue weighted by Crippen LogP contribution is 2.27. The Bertz CT molecular complexity index is 541. The van der Waals surface area contributed by atoms with E-state index in [0.29, 0.717) is 18.6 Å². The minimum Gasteiger partial charge on any atom is -0.479 e. The first kappa shape index (κ1) is 14.3. The molecule has 4 heteroatoms. The van der Waals surface area contributed by atoms with Crippen LogP contribution in [0.3, 0.4) is 0 Å². The van der Waals surface area contributed by atoms with Crippen LogP contribution in [0.1, 0.15) is 12.0 Å². The highest BCUT2D eigenvalue weighted by molar-refractivity contribution is 5.31. The van der Waals surface area contributed by atoms with Gasteiger partial charge in [0, 0.05) is 6.42 Å². The van der Waals surface area contributed by atoms with Crippen molar-refractivity contribution in [2.75, 3.05) is 6.61 Å². The second kappa shape index (κ2) is 6.84. The summed E-state index contributed by atoms with van der Waals surface area (Å²) in [4.78, 5) is 0. The molecule has 1 aromatic rings. The first-order valence-corrected chi connectivity index (χ1v) is 5.72. The molecule has 4 nitrogen and oxygen atoms in total. The normalized spacial score (nSPS) is 9.74. The molecule has 1 aromatic carbocycles. The van der Waals surface area contributed by atoms with Crippen molar-refractivity contribution in [3.05, 3.63) is 42.5 Å². The summed E-state index contributed by atoms with van der Waals surface area (Å²) in [5, 5.41) is 26.7. The molecular weight excluding hydrogens is 238 g/mol. The Morgan fingerprint density at radius 2 is 1.79 bits per heavy atom. The van der Waals surface area contributed by atoms with Crippen LogP contribution in [-0.2, 0) is 6.42 Å². The summed E-state index contributed by atoms with van der Waals surface area (Å²) >= 11 is 0. The lowest BCUT2D eigenvalue weighted by molar-refractivity contribution is 0.368. The molecular formula is C15H13N3O. The minimum atomic E-state index is -1.07. The second-order valence-corrected chi connectivity index (χ2v) is 4.07. The molecule has 0 fully saturated rings. The third kappa shape index (κ3) is 3.87. The van der Waals surface area contributed by atoms with Crippen LogP contribution in [0.25, 0.3) is 0 Å². The molecule has 0 N–H and O–H groups in total. The molecule has 0 atom stereocenters. The van der Waals surface area contributed by atoms with Gasteiger partial charge in [0.05, 0.1) is 12.1 Å². The first-order chi connectivity index (χ1) is 9.19. The van der Waals surface area contributed by atoms with Crippen molar-refractivity contribution >= 4 is 0 Å². The van der Waals surface area contributed by atoms with Gasteiger partial charge in [-0.05, 0) is 24.1 Å². The molecule has 0 aliphatic carbocycles. The molecule has 94 valence electrons. The Kier molecular flexibility index (Phi) is 5.15. The molecule has 0 saturated heterocycles. The summed E-state index contributed by atoms with van der Waals surface area (Å²) in [6.45, 7) is 3.57. The lowest BCUT2D eigenvalue weighted by Crippen LogP contribution is -2.18. The summed E-state index contributed by atoms with van der Waals surface area (Å²) in [5.41, 5.74) is -0.203. The van der Waals surface area contributed by atoms with Gasteiger partial charge in [0.15, 0.2) is 12.0 Å². The van der Waals surface area contributed by atoms with Crippen molar-refractivity contribution in [3.8, 4) is 24.0 Å². The van der Waals surface area contributed by atoms with E-state index in [0.717, 1.165) is 5.56 Å². The monoisotopic (exact) mass is 251 g/mol. The minimum absolute atomic E-state index is 0.00383. The predicted octanol–water partition coefficient (Wildman–Crippen LogP) is 2.74. The maximum Gasteiger partial charge on any atom is 0.174 e. The van der Waals surface area contributed by atoms with E-state index in [9.17, 15) is 0 Å². The predicted molar refractivity (Wildman–Crippen MR) is 69.7 cm³/mol. The summed E-state index contributed by atoms with van der Waals surface area (Å²) in [6.07, 6.45) is 2.24. The van der Waals surface area contributed by atoms with Gasteiger partial charge in [-0.3, -0.25) is 0 Å². The lowest BCUT2D eigenvalue weighted by atomic mass is 9.81. The summed E-state index contributed by atoms with van der Waals surface area (Å²) < 4.78 is 5.13. The Hall–Kier alpha value is -2.77.